The van der Waals surface area contributed by atoms with Crippen LogP contribution in [0.25, 0.3) is 0 Å². The molecule has 0 aliphatic heterocycles. The first-order chi connectivity index (χ1) is 4.84. The lowest BCUT2D eigenvalue weighted by Gasteiger charge is -2.27. The topological polar surface area (TPSA) is 26.0 Å². The van der Waals surface area contributed by atoms with Gasteiger partial charge in [0.15, 0.2) is 0 Å². The molecule has 0 fully saturated rings. The minimum absolute atomic E-state index is 0.273. The maximum atomic E-state index is 6.00. The quantitative estimate of drug-likeness (QED) is 0.670. The van der Waals surface area contributed by atoms with Gasteiger partial charge in [-0.15, -0.1) is 0 Å². The normalized spacial score (nSPS) is 15.5. The average molecular weight is 157 g/mol. The third kappa shape index (κ3) is 5.25. The van der Waals surface area contributed by atoms with E-state index in [9.17, 15) is 0 Å². The van der Waals surface area contributed by atoms with Crippen molar-refractivity contribution in [3.8, 4) is 0 Å². The van der Waals surface area contributed by atoms with Gasteiger partial charge in [-0.25, -0.2) is 0 Å². The zero-order valence-electron chi connectivity index (χ0n) is 8.65. The lowest BCUT2D eigenvalue weighted by Crippen LogP contribution is -2.35. The Balaban J connectivity index is 3.61. The molecule has 0 spiro atoms. The van der Waals surface area contributed by atoms with Gasteiger partial charge >= 0.3 is 0 Å². The highest BCUT2D eigenvalue weighted by Crippen LogP contribution is 2.22. The second-order valence-electron chi connectivity index (χ2n) is 4.94. The highest BCUT2D eigenvalue weighted by atomic mass is 14.7. The Labute approximate surface area is 71.4 Å². The molecule has 0 radical (unpaired) electrons. The van der Waals surface area contributed by atoms with Crippen molar-refractivity contribution < 1.29 is 0 Å². The maximum Gasteiger partial charge on any atom is 0.00877 e. The van der Waals surface area contributed by atoms with E-state index >= 15 is 0 Å². The van der Waals surface area contributed by atoms with E-state index in [0.29, 0.717) is 6.04 Å². The fourth-order valence-corrected chi connectivity index (χ4v) is 0.946. The Morgan fingerprint density at radius 1 is 1.09 bits per heavy atom. The van der Waals surface area contributed by atoms with Gasteiger partial charge in [0, 0.05) is 6.04 Å². The van der Waals surface area contributed by atoms with Crippen LogP contribution in [-0.2, 0) is 0 Å². The molecule has 0 unspecified atom stereocenters. The summed E-state index contributed by atoms with van der Waals surface area (Å²) in [5, 5.41) is 0. The van der Waals surface area contributed by atoms with Crippen LogP contribution in [0.3, 0.4) is 0 Å². The molecule has 1 atom stereocenters. The van der Waals surface area contributed by atoms with Crippen molar-refractivity contribution in [2.75, 3.05) is 0 Å². The van der Waals surface area contributed by atoms with E-state index in [4.69, 9.17) is 5.73 Å². The largest absolute Gasteiger partial charge is 0.327 e. The monoisotopic (exact) mass is 157 g/mol. The van der Waals surface area contributed by atoms with Crippen molar-refractivity contribution in [3.05, 3.63) is 0 Å². The lowest BCUT2D eigenvalue weighted by molar-refractivity contribution is 0.291. The van der Waals surface area contributed by atoms with Gasteiger partial charge in [-0.05, 0) is 24.2 Å². The Bertz CT molecular complexity index is 99.9. The number of nitrogens with two attached hydrogens (primary N) is 1. The number of rotatable bonds is 3. The first-order valence-corrected chi connectivity index (χ1v) is 4.59. The summed E-state index contributed by atoms with van der Waals surface area (Å²) in [6, 6.07) is 0.352. The summed E-state index contributed by atoms with van der Waals surface area (Å²) in [6.45, 7) is 11.1. The van der Waals surface area contributed by atoms with E-state index in [1.165, 1.54) is 6.42 Å². The van der Waals surface area contributed by atoms with Crippen LogP contribution in [0.1, 0.15) is 47.5 Å². The smallest absolute Gasteiger partial charge is 0.00877 e. The molecule has 68 valence electrons. The SMILES string of the molecule is CC(C)CC[C@@H](N)C(C)(C)C. The molecule has 0 aromatic heterocycles. The molecule has 0 bridgehead atoms. The first-order valence-electron chi connectivity index (χ1n) is 4.59. The molecule has 0 aliphatic rings. The van der Waals surface area contributed by atoms with Gasteiger partial charge in [0.2, 0.25) is 0 Å². The molecule has 0 aliphatic carbocycles. The molecule has 0 amide bonds. The van der Waals surface area contributed by atoms with Crippen molar-refractivity contribution in [2.45, 2.75) is 53.5 Å². The maximum absolute atomic E-state index is 6.00. The molecule has 2 N–H and O–H groups in total. The van der Waals surface area contributed by atoms with Crippen LogP contribution in [0, 0.1) is 11.3 Å². The van der Waals surface area contributed by atoms with Crippen molar-refractivity contribution >= 4 is 0 Å². The second-order valence-corrected chi connectivity index (χ2v) is 4.94. The first kappa shape index (κ1) is 11.0. The van der Waals surface area contributed by atoms with Gasteiger partial charge in [0.05, 0.1) is 0 Å². The molecule has 1 heteroatoms. The van der Waals surface area contributed by atoms with Crippen molar-refractivity contribution in [3.63, 3.8) is 0 Å². The molecule has 0 saturated carbocycles. The van der Waals surface area contributed by atoms with Crippen LogP contribution < -0.4 is 5.73 Å². The van der Waals surface area contributed by atoms with Crippen LogP contribution in [0.15, 0.2) is 0 Å². The summed E-state index contributed by atoms with van der Waals surface area (Å²) in [4.78, 5) is 0. The van der Waals surface area contributed by atoms with Gasteiger partial charge in [-0.2, -0.15) is 0 Å². The summed E-state index contributed by atoms with van der Waals surface area (Å²) < 4.78 is 0. The Morgan fingerprint density at radius 2 is 1.55 bits per heavy atom. The highest BCUT2D eigenvalue weighted by Gasteiger charge is 2.19. The summed E-state index contributed by atoms with van der Waals surface area (Å²) in [5.74, 6) is 0.781. The van der Waals surface area contributed by atoms with E-state index in [1.54, 1.807) is 0 Å². The highest BCUT2D eigenvalue weighted by molar-refractivity contribution is 4.76. The summed E-state index contributed by atoms with van der Waals surface area (Å²) in [6.07, 6.45) is 2.40. The van der Waals surface area contributed by atoms with Gasteiger partial charge in [0.1, 0.15) is 0 Å². The number of hydrogen-bond donors (Lipinski definition) is 1. The minimum Gasteiger partial charge on any atom is -0.327 e. The fraction of sp³-hybridized carbons (Fsp3) is 1.00. The molecular weight excluding hydrogens is 134 g/mol. The molecule has 11 heavy (non-hydrogen) atoms. The van der Waals surface area contributed by atoms with Crippen LogP contribution in [0.5, 0.6) is 0 Å². The summed E-state index contributed by atoms with van der Waals surface area (Å²) >= 11 is 0. The zero-order valence-corrected chi connectivity index (χ0v) is 8.65. The molecule has 0 rings (SSSR count). The lowest BCUT2D eigenvalue weighted by atomic mass is 9.83. The summed E-state index contributed by atoms with van der Waals surface area (Å²) in [5.41, 5.74) is 6.27. The third-order valence-corrected chi connectivity index (χ3v) is 2.17. The van der Waals surface area contributed by atoms with E-state index in [0.717, 1.165) is 12.3 Å². The van der Waals surface area contributed by atoms with Crippen molar-refractivity contribution in [1.82, 2.24) is 0 Å². The summed E-state index contributed by atoms with van der Waals surface area (Å²) in [7, 11) is 0. The Hall–Kier alpha value is -0.0400. The predicted octanol–water partition coefficient (Wildman–Crippen LogP) is 2.80. The van der Waals surface area contributed by atoms with E-state index < -0.39 is 0 Å². The van der Waals surface area contributed by atoms with Crippen LogP contribution in [0.4, 0.5) is 0 Å². The van der Waals surface area contributed by atoms with E-state index in [1.807, 2.05) is 0 Å². The van der Waals surface area contributed by atoms with Crippen LogP contribution >= 0.6 is 0 Å². The van der Waals surface area contributed by atoms with Gasteiger partial charge in [0.25, 0.3) is 0 Å². The average Bonchev–Trinajstić information content (AvgIpc) is 1.80. The second kappa shape index (κ2) is 4.10. The molecule has 0 aromatic carbocycles. The molecular formula is C10H23N. The van der Waals surface area contributed by atoms with Crippen LogP contribution in [0.2, 0.25) is 0 Å². The van der Waals surface area contributed by atoms with Gasteiger partial charge in [-0.3, -0.25) is 0 Å². The number of hydrogen-bond acceptors (Lipinski definition) is 1. The zero-order chi connectivity index (χ0) is 9.07. The third-order valence-electron chi connectivity index (χ3n) is 2.17. The Kier molecular flexibility index (Phi) is 4.09. The predicted molar refractivity (Wildman–Crippen MR) is 51.5 cm³/mol. The van der Waals surface area contributed by atoms with Gasteiger partial charge < -0.3 is 5.73 Å². The molecule has 0 saturated heterocycles. The van der Waals surface area contributed by atoms with Crippen molar-refractivity contribution in [2.24, 2.45) is 17.1 Å². The van der Waals surface area contributed by atoms with E-state index in [-0.39, 0.29) is 5.41 Å². The van der Waals surface area contributed by atoms with Crippen molar-refractivity contribution in [1.29, 1.82) is 0 Å². The van der Waals surface area contributed by atoms with E-state index in [2.05, 4.69) is 34.6 Å². The van der Waals surface area contributed by atoms with Gasteiger partial charge in [-0.1, -0.05) is 34.6 Å². The standard InChI is InChI=1S/C10H23N/c1-8(2)6-7-9(11)10(3,4)5/h8-9H,6-7,11H2,1-5H3/t9-/m1/s1. The minimum atomic E-state index is 0.273. The molecule has 1 nitrogen and oxygen atoms in total. The molecule has 0 heterocycles. The Morgan fingerprint density at radius 3 is 1.82 bits per heavy atom. The van der Waals surface area contributed by atoms with Crippen LogP contribution in [-0.4, -0.2) is 6.04 Å². The fourth-order valence-electron chi connectivity index (χ4n) is 0.946. The molecule has 0 aromatic rings.